The number of carboxylic acid groups (broad SMARTS) is 1. The topological polar surface area (TPSA) is 77.7 Å². The predicted octanol–water partition coefficient (Wildman–Crippen LogP) is 3.41. The van der Waals surface area contributed by atoms with E-state index < -0.39 is 5.97 Å². The Hall–Kier alpha value is -3.05. The van der Waals surface area contributed by atoms with Gasteiger partial charge >= 0.3 is 0 Å². The van der Waals surface area contributed by atoms with E-state index in [4.69, 9.17) is 16.0 Å². The number of hydrogen-bond acceptors (Lipinski definition) is 5. The maximum absolute atomic E-state index is 11.0. The Bertz CT molecular complexity index is 888. The first-order chi connectivity index (χ1) is 11.6. The van der Waals surface area contributed by atoms with Crippen LogP contribution < -0.4 is 10.5 Å². The lowest BCUT2D eigenvalue weighted by Gasteiger charge is -2.06. The zero-order valence-corrected chi connectivity index (χ0v) is 13.2. The number of hydrogen-bond donors (Lipinski definition) is 1. The minimum Gasteiger partial charge on any atom is -0.545 e. The summed E-state index contributed by atoms with van der Waals surface area (Å²) in [4.78, 5) is 11.0. The summed E-state index contributed by atoms with van der Waals surface area (Å²) in [6, 6.07) is 17.2. The van der Waals surface area contributed by atoms with Crippen LogP contribution in [-0.4, -0.2) is 12.2 Å². The lowest BCUT2D eigenvalue weighted by molar-refractivity contribution is -0.255. The molecular weight excluding hydrogens is 328 g/mol. The Morgan fingerprint density at radius 3 is 2.67 bits per heavy atom. The maximum atomic E-state index is 11.0. The van der Waals surface area contributed by atoms with E-state index in [1.807, 2.05) is 30.3 Å². The van der Waals surface area contributed by atoms with Gasteiger partial charge in [-0.05, 0) is 42.0 Å². The number of nitrogens with one attached hydrogen (secondary N) is 1. The molecule has 2 aromatic carbocycles. The van der Waals surface area contributed by atoms with Gasteiger partial charge in [0.25, 0.3) is 0 Å². The molecule has 120 valence electrons. The number of hydrazone groups is 1. The SMILES string of the molecule is O=C([O-])c1ccc(Cl)c(-c2ccc(/C=N/Nc3ccccc3)o2)c1. The molecule has 24 heavy (non-hydrogen) atoms. The Morgan fingerprint density at radius 1 is 1.12 bits per heavy atom. The van der Waals surface area contributed by atoms with Crippen LogP contribution in [0, 0.1) is 0 Å². The Balaban J connectivity index is 1.78. The van der Waals surface area contributed by atoms with E-state index >= 15 is 0 Å². The number of rotatable bonds is 5. The van der Waals surface area contributed by atoms with Crippen LogP contribution in [0.25, 0.3) is 11.3 Å². The fourth-order valence-electron chi connectivity index (χ4n) is 2.09. The van der Waals surface area contributed by atoms with Gasteiger partial charge < -0.3 is 14.3 Å². The number of carboxylic acids is 1. The summed E-state index contributed by atoms with van der Waals surface area (Å²) in [6.07, 6.45) is 1.52. The molecule has 0 aliphatic carbocycles. The second-order valence-corrected chi connectivity index (χ2v) is 5.33. The summed E-state index contributed by atoms with van der Waals surface area (Å²) in [5.74, 6) is -0.319. The van der Waals surface area contributed by atoms with Gasteiger partial charge in [0.05, 0.1) is 22.9 Å². The van der Waals surface area contributed by atoms with Gasteiger partial charge in [-0.1, -0.05) is 35.9 Å². The second-order valence-electron chi connectivity index (χ2n) is 4.92. The van der Waals surface area contributed by atoms with Crippen molar-refractivity contribution < 1.29 is 14.3 Å². The maximum Gasteiger partial charge on any atom is 0.147 e. The molecule has 6 heteroatoms. The minimum absolute atomic E-state index is 0.0340. The fourth-order valence-corrected chi connectivity index (χ4v) is 2.30. The molecule has 3 rings (SSSR count). The van der Waals surface area contributed by atoms with Crippen LogP contribution in [-0.2, 0) is 0 Å². The van der Waals surface area contributed by atoms with Gasteiger partial charge in [0.15, 0.2) is 0 Å². The van der Waals surface area contributed by atoms with E-state index in [0.29, 0.717) is 22.1 Å². The smallest absolute Gasteiger partial charge is 0.147 e. The molecule has 1 aromatic heterocycles. The molecule has 0 radical (unpaired) electrons. The van der Waals surface area contributed by atoms with Crippen molar-refractivity contribution in [2.24, 2.45) is 5.10 Å². The molecule has 3 aromatic rings. The summed E-state index contributed by atoms with van der Waals surface area (Å²) in [6.45, 7) is 0. The average molecular weight is 340 g/mol. The monoisotopic (exact) mass is 339 g/mol. The Labute approximate surface area is 143 Å². The molecule has 0 amide bonds. The standard InChI is InChI=1S/C18H13ClN2O3/c19-16-8-6-12(18(22)23)10-15(16)17-9-7-14(24-17)11-20-21-13-4-2-1-3-5-13/h1-11,21H,(H,22,23)/p-1/b20-11+. The van der Waals surface area contributed by atoms with Crippen molar-refractivity contribution >= 4 is 29.5 Å². The minimum atomic E-state index is -1.27. The highest BCUT2D eigenvalue weighted by molar-refractivity contribution is 6.33. The zero-order valence-electron chi connectivity index (χ0n) is 12.4. The van der Waals surface area contributed by atoms with Crippen LogP contribution in [0.15, 0.2) is 70.2 Å². The van der Waals surface area contributed by atoms with Gasteiger partial charge in [-0.2, -0.15) is 5.10 Å². The number of anilines is 1. The normalized spacial score (nSPS) is 10.9. The number of aromatic carboxylic acids is 1. The molecular formula is C18H12ClN2O3-. The third kappa shape index (κ3) is 3.64. The van der Waals surface area contributed by atoms with Gasteiger partial charge in [0.2, 0.25) is 0 Å². The molecule has 1 heterocycles. The first-order valence-electron chi connectivity index (χ1n) is 7.09. The van der Waals surface area contributed by atoms with Crippen LogP contribution in [0.1, 0.15) is 16.1 Å². The number of furan rings is 1. The molecule has 0 aliphatic heterocycles. The summed E-state index contributed by atoms with van der Waals surface area (Å²) < 4.78 is 5.64. The van der Waals surface area contributed by atoms with Crippen molar-refractivity contribution in [1.29, 1.82) is 0 Å². The number of carbonyl (C=O) groups is 1. The summed E-state index contributed by atoms with van der Waals surface area (Å²) >= 11 is 6.11. The van der Waals surface area contributed by atoms with E-state index in [9.17, 15) is 9.90 Å². The zero-order chi connectivity index (χ0) is 16.9. The highest BCUT2D eigenvalue weighted by atomic mass is 35.5. The molecule has 5 nitrogen and oxygen atoms in total. The quantitative estimate of drug-likeness (QED) is 0.570. The van der Waals surface area contributed by atoms with Crippen LogP contribution in [0.3, 0.4) is 0 Å². The largest absolute Gasteiger partial charge is 0.545 e. The van der Waals surface area contributed by atoms with E-state index in [1.54, 1.807) is 12.1 Å². The molecule has 0 saturated carbocycles. The van der Waals surface area contributed by atoms with E-state index in [-0.39, 0.29) is 5.56 Å². The highest BCUT2D eigenvalue weighted by Crippen LogP contribution is 2.30. The number of benzene rings is 2. The van der Waals surface area contributed by atoms with E-state index in [0.717, 1.165) is 5.69 Å². The third-order valence-electron chi connectivity index (χ3n) is 3.25. The van der Waals surface area contributed by atoms with Crippen LogP contribution in [0.2, 0.25) is 5.02 Å². The molecule has 0 fully saturated rings. The fraction of sp³-hybridized carbons (Fsp3) is 0. The summed E-state index contributed by atoms with van der Waals surface area (Å²) in [5.41, 5.74) is 4.24. The van der Waals surface area contributed by atoms with E-state index in [2.05, 4.69) is 10.5 Å². The Kier molecular flexibility index (Phi) is 4.63. The van der Waals surface area contributed by atoms with Crippen molar-refractivity contribution in [3.05, 3.63) is 77.0 Å². The molecule has 0 unspecified atom stereocenters. The van der Waals surface area contributed by atoms with Crippen molar-refractivity contribution in [3.63, 3.8) is 0 Å². The molecule has 0 spiro atoms. The van der Waals surface area contributed by atoms with Crippen LogP contribution in [0.5, 0.6) is 0 Å². The van der Waals surface area contributed by atoms with Gasteiger partial charge in [-0.25, -0.2) is 0 Å². The lowest BCUT2D eigenvalue weighted by Crippen LogP contribution is -2.22. The molecule has 1 N–H and O–H groups in total. The van der Waals surface area contributed by atoms with Crippen molar-refractivity contribution in [1.82, 2.24) is 0 Å². The van der Waals surface area contributed by atoms with Gasteiger partial charge in [-0.3, -0.25) is 5.43 Å². The van der Waals surface area contributed by atoms with Crippen molar-refractivity contribution in [3.8, 4) is 11.3 Å². The second kappa shape index (κ2) is 7.02. The molecule has 0 bridgehead atoms. The summed E-state index contributed by atoms with van der Waals surface area (Å²) in [7, 11) is 0. The van der Waals surface area contributed by atoms with Crippen molar-refractivity contribution in [2.75, 3.05) is 5.43 Å². The highest BCUT2D eigenvalue weighted by Gasteiger charge is 2.09. The van der Waals surface area contributed by atoms with Gasteiger partial charge in [0.1, 0.15) is 11.5 Å². The molecule has 0 saturated heterocycles. The number of nitrogens with zero attached hydrogens (tertiary/aromatic N) is 1. The lowest BCUT2D eigenvalue weighted by atomic mass is 10.1. The predicted molar refractivity (Wildman–Crippen MR) is 91.1 cm³/mol. The van der Waals surface area contributed by atoms with Crippen LogP contribution in [0.4, 0.5) is 5.69 Å². The summed E-state index contributed by atoms with van der Waals surface area (Å²) in [5, 5.41) is 15.4. The first kappa shape index (κ1) is 15.8. The number of halogens is 1. The Morgan fingerprint density at radius 2 is 1.92 bits per heavy atom. The van der Waals surface area contributed by atoms with Crippen molar-refractivity contribution in [2.45, 2.75) is 0 Å². The van der Waals surface area contributed by atoms with E-state index in [1.165, 1.54) is 24.4 Å². The molecule has 0 atom stereocenters. The van der Waals surface area contributed by atoms with Crippen LogP contribution >= 0.6 is 11.6 Å². The molecule has 0 aliphatic rings. The average Bonchev–Trinajstić information content (AvgIpc) is 3.04. The number of carbonyl (C=O) groups excluding carboxylic acids is 1. The first-order valence-corrected chi connectivity index (χ1v) is 7.46. The van der Waals surface area contributed by atoms with Gasteiger partial charge in [0, 0.05) is 5.56 Å². The third-order valence-corrected chi connectivity index (χ3v) is 3.58. The number of para-hydroxylation sites is 1. The van der Waals surface area contributed by atoms with Gasteiger partial charge in [-0.15, -0.1) is 0 Å².